The number of rotatable bonds is 8. The number of piperidine rings is 1. The highest BCUT2D eigenvalue weighted by atomic mass is 15.2. The molecule has 1 aromatic rings. The number of benzene rings is 1. The van der Waals surface area contributed by atoms with Gasteiger partial charge in [-0.3, -0.25) is 9.89 Å². The van der Waals surface area contributed by atoms with Gasteiger partial charge in [-0.25, -0.2) is 0 Å². The molecule has 0 radical (unpaired) electrons. The smallest absolute Gasteiger partial charge is 0.191 e. The summed E-state index contributed by atoms with van der Waals surface area (Å²) in [4.78, 5) is 9.89. The number of nitrogens with zero attached hydrogens (tertiary/aromatic N) is 3. The van der Waals surface area contributed by atoms with Gasteiger partial charge in [0.2, 0.25) is 0 Å². The van der Waals surface area contributed by atoms with Gasteiger partial charge in [0, 0.05) is 37.8 Å². The minimum atomic E-state index is 0.499. The molecule has 0 bridgehead atoms. The third kappa shape index (κ3) is 6.21. The lowest BCUT2D eigenvalue weighted by molar-refractivity contribution is 0.134. The van der Waals surface area contributed by atoms with E-state index >= 15 is 0 Å². The first-order valence-corrected chi connectivity index (χ1v) is 11.1. The molecule has 0 spiro atoms. The van der Waals surface area contributed by atoms with Gasteiger partial charge in [-0.2, -0.15) is 0 Å². The fourth-order valence-electron chi connectivity index (χ4n) is 4.32. The highest BCUT2D eigenvalue weighted by molar-refractivity contribution is 5.80. The van der Waals surface area contributed by atoms with Crippen molar-refractivity contribution in [3.05, 3.63) is 35.9 Å². The number of hydrogen-bond acceptors (Lipinski definition) is 3. The Kier molecular flexibility index (Phi) is 7.74. The van der Waals surface area contributed by atoms with E-state index in [-0.39, 0.29) is 0 Å². The van der Waals surface area contributed by atoms with Crippen molar-refractivity contribution in [3.8, 4) is 0 Å². The molecule has 1 aromatic carbocycles. The summed E-state index contributed by atoms with van der Waals surface area (Å²) in [6.45, 7) is 8.48. The summed E-state index contributed by atoms with van der Waals surface area (Å²) < 4.78 is 0. The van der Waals surface area contributed by atoms with E-state index in [2.05, 4.69) is 78.7 Å². The van der Waals surface area contributed by atoms with Crippen LogP contribution in [-0.4, -0.2) is 67.6 Å². The van der Waals surface area contributed by atoms with Crippen molar-refractivity contribution < 1.29 is 0 Å². The third-order valence-electron chi connectivity index (χ3n) is 6.19. The van der Waals surface area contributed by atoms with Gasteiger partial charge in [0.25, 0.3) is 0 Å². The maximum Gasteiger partial charge on any atom is 0.191 e. The lowest BCUT2D eigenvalue weighted by Gasteiger charge is -2.38. The largest absolute Gasteiger partial charge is 0.357 e. The molecule has 2 N–H and O–H groups in total. The maximum atomic E-state index is 4.94. The lowest BCUT2D eigenvalue weighted by atomic mass is 9.97. The molecule has 2 fully saturated rings. The van der Waals surface area contributed by atoms with Crippen molar-refractivity contribution in [2.24, 2.45) is 10.9 Å². The first-order valence-electron chi connectivity index (χ1n) is 11.1. The molecular formula is C23H39N5. The Hall–Kier alpha value is -1.59. The highest BCUT2D eigenvalue weighted by Gasteiger charge is 2.32. The van der Waals surface area contributed by atoms with Gasteiger partial charge in [0.1, 0.15) is 0 Å². The van der Waals surface area contributed by atoms with E-state index in [0.29, 0.717) is 18.1 Å². The van der Waals surface area contributed by atoms with Gasteiger partial charge in [-0.1, -0.05) is 30.3 Å². The number of aliphatic imine (C=N–C) groups is 1. The Balaban J connectivity index is 1.52. The summed E-state index contributed by atoms with van der Waals surface area (Å²) in [5.41, 5.74) is 1.41. The molecule has 0 aromatic heterocycles. The number of likely N-dealkylation sites (tertiary alicyclic amines) is 1. The van der Waals surface area contributed by atoms with E-state index in [4.69, 9.17) is 4.99 Å². The van der Waals surface area contributed by atoms with Crippen molar-refractivity contribution in [1.82, 2.24) is 20.4 Å². The molecule has 5 nitrogen and oxygen atoms in total. The molecule has 1 aliphatic heterocycles. The molecule has 1 heterocycles. The zero-order valence-corrected chi connectivity index (χ0v) is 18.2. The standard InChI is InChI=1S/C23H39N5/c1-5-24-23(25-16-22(27(3)4)20-11-12-20)26-21-13-14-28(18(2)15-21)17-19-9-7-6-8-10-19/h6-10,18,20-22H,5,11-17H2,1-4H3,(H2,24,25,26). The van der Waals surface area contributed by atoms with Crippen LogP contribution in [0.4, 0.5) is 0 Å². The molecule has 3 atom stereocenters. The first-order chi connectivity index (χ1) is 13.6. The van der Waals surface area contributed by atoms with Crippen molar-refractivity contribution in [2.45, 2.75) is 64.2 Å². The summed E-state index contributed by atoms with van der Waals surface area (Å²) in [7, 11) is 4.37. The summed E-state index contributed by atoms with van der Waals surface area (Å²) >= 11 is 0. The van der Waals surface area contributed by atoms with Gasteiger partial charge in [-0.05, 0) is 65.1 Å². The number of likely N-dealkylation sites (N-methyl/N-ethyl adjacent to an activating group) is 1. The van der Waals surface area contributed by atoms with E-state index in [0.717, 1.165) is 44.5 Å². The van der Waals surface area contributed by atoms with Crippen LogP contribution >= 0.6 is 0 Å². The van der Waals surface area contributed by atoms with Gasteiger partial charge >= 0.3 is 0 Å². The number of guanidine groups is 1. The van der Waals surface area contributed by atoms with E-state index in [1.807, 2.05) is 0 Å². The zero-order valence-electron chi connectivity index (χ0n) is 18.2. The van der Waals surface area contributed by atoms with Crippen LogP contribution in [0, 0.1) is 5.92 Å². The second kappa shape index (κ2) is 10.3. The quantitative estimate of drug-likeness (QED) is 0.533. The van der Waals surface area contributed by atoms with Crippen molar-refractivity contribution >= 4 is 5.96 Å². The topological polar surface area (TPSA) is 42.9 Å². The SMILES string of the molecule is CCNC(=NCC(C1CC1)N(C)C)NC1CCN(Cc2ccccc2)C(C)C1. The molecule has 1 aliphatic carbocycles. The Labute approximate surface area is 171 Å². The van der Waals surface area contributed by atoms with Gasteiger partial charge < -0.3 is 15.5 Å². The lowest BCUT2D eigenvalue weighted by Crippen LogP contribution is -2.51. The Morgan fingerprint density at radius 1 is 1.21 bits per heavy atom. The molecule has 28 heavy (non-hydrogen) atoms. The Morgan fingerprint density at radius 3 is 2.57 bits per heavy atom. The summed E-state index contributed by atoms with van der Waals surface area (Å²) in [5, 5.41) is 7.18. The second-order valence-corrected chi connectivity index (χ2v) is 8.76. The molecule has 1 saturated carbocycles. The van der Waals surface area contributed by atoms with Crippen molar-refractivity contribution in [2.75, 3.05) is 33.7 Å². The van der Waals surface area contributed by atoms with Crippen molar-refractivity contribution in [3.63, 3.8) is 0 Å². The maximum absolute atomic E-state index is 4.94. The van der Waals surface area contributed by atoms with Crippen LogP contribution in [0.1, 0.15) is 45.1 Å². The average molecular weight is 386 g/mol. The zero-order chi connectivity index (χ0) is 19.9. The minimum Gasteiger partial charge on any atom is -0.357 e. The van der Waals surface area contributed by atoms with Crippen LogP contribution in [0.2, 0.25) is 0 Å². The van der Waals surface area contributed by atoms with Crippen LogP contribution in [0.15, 0.2) is 35.3 Å². The van der Waals surface area contributed by atoms with Gasteiger partial charge in [0.05, 0.1) is 6.54 Å². The predicted molar refractivity (Wildman–Crippen MR) is 119 cm³/mol. The Morgan fingerprint density at radius 2 is 1.96 bits per heavy atom. The number of hydrogen-bond donors (Lipinski definition) is 2. The molecular weight excluding hydrogens is 346 g/mol. The predicted octanol–water partition coefficient (Wildman–Crippen LogP) is 2.93. The third-order valence-corrected chi connectivity index (χ3v) is 6.19. The van der Waals surface area contributed by atoms with Crippen LogP contribution in [0.3, 0.4) is 0 Å². The molecule has 3 rings (SSSR count). The second-order valence-electron chi connectivity index (χ2n) is 8.76. The van der Waals surface area contributed by atoms with Crippen molar-refractivity contribution in [1.29, 1.82) is 0 Å². The van der Waals surface area contributed by atoms with E-state index in [9.17, 15) is 0 Å². The molecule has 5 heteroatoms. The molecule has 156 valence electrons. The molecule has 2 aliphatic rings. The van der Waals surface area contributed by atoms with E-state index in [1.165, 1.54) is 24.8 Å². The van der Waals surface area contributed by atoms with Gasteiger partial charge in [0.15, 0.2) is 5.96 Å². The van der Waals surface area contributed by atoms with E-state index in [1.54, 1.807) is 0 Å². The monoisotopic (exact) mass is 385 g/mol. The van der Waals surface area contributed by atoms with Crippen LogP contribution in [0.25, 0.3) is 0 Å². The minimum absolute atomic E-state index is 0.499. The summed E-state index contributed by atoms with van der Waals surface area (Å²) in [5.74, 6) is 1.83. The van der Waals surface area contributed by atoms with Crippen LogP contribution in [-0.2, 0) is 6.54 Å². The number of nitrogens with one attached hydrogen (secondary N) is 2. The highest BCUT2D eigenvalue weighted by Crippen LogP contribution is 2.34. The fourth-order valence-corrected chi connectivity index (χ4v) is 4.32. The molecule has 1 saturated heterocycles. The normalized spacial score (nSPS) is 25.0. The summed E-state index contributed by atoms with van der Waals surface area (Å²) in [6.07, 6.45) is 5.05. The summed E-state index contributed by atoms with van der Waals surface area (Å²) in [6, 6.07) is 12.5. The van der Waals surface area contributed by atoms with E-state index < -0.39 is 0 Å². The Bertz CT molecular complexity index is 609. The van der Waals surface area contributed by atoms with Gasteiger partial charge in [-0.15, -0.1) is 0 Å². The molecule has 3 unspecified atom stereocenters. The van der Waals surface area contributed by atoms with Crippen LogP contribution in [0.5, 0.6) is 0 Å². The van der Waals surface area contributed by atoms with Crippen LogP contribution < -0.4 is 10.6 Å². The molecule has 0 amide bonds. The average Bonchev–Trinajstić information content (AvgIpc) is 3.50. The fraction of sp³-hybridized carbons (Fsp3) is 0.696. The first kappa shape index (κ1) is 21.1.